The Morgan fingerprint density at radius 3 is 0.773 bits per heavy atom. The Labute approximate surface area is 467 Å². The van der Waals surface area contributed by atoms with Crippen molar-refractivity contribution in [2.75, 3.05) is 13.2 Å². The van der Waals surface area contributed by atoms with Crippen LogP contribution >= 0.6 is 0 Å². The molecular formula is C69H128O6. The first-order valence-electron chi connectivity index (χ1n) is 33.5. The van der Waals surface area contributed by atoms with E-state index < -0.39 is 6.10 Å². The molecule has 0 aromatic carbocycles. The second-order valence-electron chi connectivity index (χ2n) is 22.7. The molecule has 0 fully saturated rings. The minimum absolute atomic E-state index is 0.0706. The van der Waals surface area contributed by atoms with Gasteiger partial charge in [0.1, 0.15) is 13.2 Å². The molecule has 0 rings (SSSR count). The number of carbonyl (C=O) groups is 3. The fourth-order valence-electron chi connectivity index (χ4n) is 10.1. The molecular weight excluding hydrogens is 925 g/mol. The zero-order valence-electron chi connectivity index (χ0n) is 50.6. The van der Waals surface area contributed by atoms with Gasteiger partial charge in [-0.1, -0.05) is 308 Å². The largest absolute Gasteiger partial charge is 0.462 e. The van der Waals surface area contributed by atoms with Crippen molar-refractivity contribution in [1.29, 1.82) is 0 Å². The molecule has 0 aliphatic rings. The highest BCUT2D eigenvalue weighted by atomic mass is 16.6. The lowest BCUT2D eigenvalue weighted by Gasteiger charge is -2.18. The van der Waals surface area contributed by atoms with Gasteiger partial charge in [0, 0.05) is 19.3 Å². The molecule has 6 nitrogen and oxygen atoms in total. The monoisotopic (exact) mass is 1050 g/mol. The van der Waals surface area contributed by atoms with Crippen LogP contribution in [0.15, 0.2) is 36.5 Å². The van der Waals surface area contributed by atoms with Crippen molar-refractivity contribution in [2.24, 2.45) is 0 Å². The molecule has 1 atom stereocenters. The summed E-state index contributed by atoms with van der Waals surface area (Å²) in [5.41, 5.74) is 0. The number of carbonyl (C=O) groups excluding carboxylic acids is 3. The molecule has 0 aromatic heterocycles. The molecule has 0 radical (unpaired) electrons. The van der Waals surface area contributed by atoms with Crippen LogP contribution in [-0.2, 0) is 28.6 Å². The maximum atomic E-state index is 12.9. The fraction of sp³-hybridized carbons (Fsp3) is 0.870. The Balaban J connectivity index is 4.06. The van der Waals surface area contributed by atoms with Gasteiger partial charge in [0.2, 0.25) is 0 Å². The van der Waals surface area contributed by atoms with E-state index in [2.05, 4.69) is 57.2 Å². The minimum atomic E-state index is -0.772. The number of allylic oxidation sites excluding steroid dienone is 6. The zero-order chi connectivity index (χ0) is 54.3. The number of hydrogen-bond acceptors (Lipinski definition) is 6. The van der Waals surface area contributed by atoms with Gasteiger partial charge in [-0.05, 0) is 77.0 Å². The van der Waals surface area contributed by atoms with E-state index in [-0.39, 0.29) is 31.1 Å². The molecule has 0 bridgehead atoms. The van der Waals surface area contributed by atoms with Gasteiger partial charge in [0.05, 0.1) is 0 Å². The molecule has 0 saturated carbocycles. The van der Waals surface area contributed by atoms with Gasteiger partial charge in [-0.2, -0.15) is 0 Å². The van der Waals surface area contributed by atoms with E-state index in [1.165, 1.54) is 257 Å². The van der Waals surface area contributed by atoms with Crippen molar-refractivity contribution in [2.45, 2.75) is 374 Å². The second-order valence-corrected chi connectivity index (χ2v) is 22.7. The first-order chi connectivity index (χ1) is 37.0. The topological polar surface area (TPSA) is 78.9 Å². The molecule has 0 aliphatic carbocycles. The highest BCUT2D eigenvalue weighted by Crippen LogP contribution is 2.18. The molecule has 6 heteroatoms. The Morgan fingerprint density at radius 2 is 0.480 bits per heavy atom. The van der Waals surface area contributed by atoms with Crippen LogP contribution in [0.2, 0.25) is 0 Å². The number of esters is 3. The van der Waals surface area contributed by atoms with Gasteiger partial charge in [-0.3, -0.25) is 14.4 Å². The van der Waals surface area contributed by atoms with Crippen molar-refractivity contribution in [3.8, 4) is 0 Å². The third kappa shape index (κ3) is 62.4. The Bertz CT molecular complexity index is 1250. The Kier molecular flexibility index (Phi) is 62.1. The van der Waals surface area contributed by atoms with Crippen molar-refractivity contribution in [1.82, 2.24) is 0 Å². The lowest BCUT2D eigenvalue weighted by molar-refractivity contribution is -0.167. The van der Waals surface area contributed by atoms with Crippen molar-refractivity contribution >= 4 is 17.9 Å². The molecule has 0 spiro atoms. The summed E-state index contributed by atoms with van der Waals surface area (Å²) in [5.74, 6) is -0.859. The summed E-state index contributed by atoms with van der Waals surface area (Å²) >= 11 is 0. The summed E-state index contributed by atoms with van der Waals surface area (Å²) in [5, 5.41) is 0. The highest BCUT2D eigenvalue weighted by Gasteiger charge is 2.19. The number of rotatable bonds is 62. The number of hydrogen-bond donors (Lipinski definition) is 0. The summed E-state index contributed by atoms with van der Waals surface area (Å²) in [4.78, 5) is 38.2. The number of unbranched alkanes of at least 4 members (excludes halogenated alkanes) is 45. The van der Waals surface area contributed by atoms with E-state index in [4.69, 9.17) is 14.2 Å². The smallest absolute Gasteiger partial charge is 0.306 e. The van der Waals surface area contributed by atoms with Gasteiger partial charge < -0.3 is 14.2 Å². The third-order valence-corrected chi connectivity index (χ3v) is 15.1. The van der Waals surface area contributed by atoms with E-state index in [1.807, 2.05) is 0 Å². The zero-order valence-corrected chi connectivity index (χ0v) is 50.6. The predicted octanol–water partition coefficient (Wildman–Crippen LogP) is 22.8. The fourth-order valence-corrected chi connectivity index (χ4v) is 10.1. The Morgan fingerprint density at radius 1 is 0.267 bits per heavy atom. The van der Waals surface area contributed by atoms with Gasteiger partial charge >= 0.3 is 17.9 Å². The van der Waals surface area contributed by atoms with Gasteiger partial charge in [0.25, 0.3) is 0 Å². The number of ether oxygens (including phenoxy) is 3. The van der Waals surface area contributed by atoms with Crippen LogP contribution in [0.4, 0.5) is 0 Å². The van der Waals surface area contributed by atoms with Crippen LogP contribution in [-0.4, -0.2) is 37.2 Å². The highest BCUT2D eigenvalue weighted by molar-refractivity contribution is 5.71. The van der Waals surface area contributed by atoms with Crippen LogP contribution in [0.25, 0.3) is 0 Å². The van der Waals surface area contributed by atoms with E-state index in [0.717, 1.165) is 70.6 Å². The molecule has 0 amide bonds. The maximum Gasteiger partial charge on any atom is 0.306 e. The molecule has 0 aliphatic heterocycles. The standard InChI is InChI=1S/C69H128O6/c1-4-7-10-13-16-19-21-23-25-27-28-29-30-31-32-33-34-35-36-37-38-39-40-42-43-45-47-50-53-56-59-62-68(71)74-65-66(64-73-67(70)61-58-55-52-49-18-15-12-9-6-3)75-69(72)63-60-57-54-51-48-46-44-41-26-24-22-20-17-14-11-8-5-2/h17,20,24,26-28,66H,4-16,18-19,21-23,25,29-65H2,1-3H3/b20-17-,26-24-,28-27-. The lowest BCUT2D eigenvalue weighted by Crippen LogP contribution is -2.30. The van der Waals surface area contributed by atoms with E-state index in [0.29, 0.717) is 19.3 Å². The lowest BCUT2D eigenvalue weighted by atomic mass is 10.0. The van der Waals surface area contributed by atoms with Gasteiger partial charge in [-0.25, -0.2) is 0 Å². The van der Waals surface area contributed by atoms with Crippen LogP contribution in [0.1, 0.15) is 367 Å². The maximum absolute atomic E-state index is 12.9. The average Bonchev–Trinajstić information content (AvgIpc) is 3.41. The summed E-state index contributed by atoms with van der Waals surface area (Å²) in [6.45, 7) is 6.64. The molecule has 0 aromatic rings. The normalized spacial score (nSPS) is 12.2. The SMILES string of the molecule is CCCCC/C=C\C/C=C\CCCCCCCCCC(=O)OC(COC(=O)CCCCCCCCCCC)COC(=O)CCCCCCCCCCCCCCCCCCCCC/C=C\CCCCCCCCCC. The van der Waals surface area contributed by atoms with Gasteiger partial charge in [0.15, 0.2) is 6.10 Å². The molecule has 0 N–H and O–H groups in total. The molecule has 1 unspecified atom stereocenters. The quantitative estimate of drug-likeness (QED) is 0.0261. The van der Waals surface area contributed by atoms with Crippen LogP contribution < -0.4 is 0 Å². The summed E-state index contributed by atoms with van der Waals surface area (Å²) in [7, 11) is 0. The summed E-state index contributed by atoms with van der Waals surface area (Å²) in [6, 6.07) is 0. The third-order valence-electron chi connectivity index (χ3n) is 15.1. The van der Waals surface area contributed by atoms with Crippen LogP contribution in [0.5, 0.6) is 0 Å². The van der Waals surface area contributed by atoms with Crippen molar-refractivity contribution in [3.05, 3.63) is 36.5 Å². The second kappa shape index (κ2) is 64.2. The summed E-state index contributed by atoms with van der Waals surface area (Å²) < 4.78 is 16.9. The van der Waals surface area contributed by atoms with Crippen LogP contribution in [0.3, 0.4) is 0 Å². The Hall–Kier alpha value is -2.37. The average molecular weight is 1050 g/mol. The van der Waals surface area contributed by atoms with E-state index >= 15 is 0 Å². The minimum Gasteiger partial charge on any atom is -0.462 e. The van der Waals surface area contributed by atoms with Crippen LogP contribution in [0, 0.1) is 0 Å². The van der Waals surface area contributed by atoms with Crippen molar-refractivity contribution < 1.29 is 28.6 Å². The molecule has 75 heavy (non-hydrogen) atoms. The van der Waals surface area contributed by atoms with E-state index in [1.54, 1.807) is 0 Å². The van der Waals surface area contributed by atoms with Crippen molar-refractivity contribution in [3.63, 3.8) is 0 Å². The molecule has 0 saturated heterocycles. The summed E-state index contributed by atoms with van der Waals surface area (Å²) in [6.07, 6.45) is 79.0. The molecule has 440 valence electrons. The van der Waals surface area contributed by atoms with E-state index in [9.17, 15) is 14.4 Å². The first-order valence-corrected chi connectivity index (χ1v) is 33.5. The first kappa shape index (κ1) is 72.6. The molecule has 0 heterocycles. The van der Waals surface area contributed by atoms with Gasteiger partial charge in [-0.15, -0.1) is 0 Å². The predicted molar refractivity (Wildman–Crippen MR) is 326 cm³/mol.